The first-order valence-electron chi connectivity index (χ1n) is 9.37. The number of nitrogens with one attached hydrogen (secondary N) is 2. The number of aryl methyl sites for hydroxylation is 2. The molecule has 0 radical (unpaired) electrons. The fourth-order valence-electron chi connectivity index (χ4n) is 3.44. The number of nitrogens with zero attached hydrogens (tertiary/aromatic N) is 4. The zero-order valence-electron chi connectivity index (χ0n) is 16.6. The third-order valence-corrected chi connectivity index (χ3v) is 5.25. The average Bonchev–Trinajstić information content (AvgIpc) is 2.98. The number of aromatic amines is 1. The maximum atomic E-state index is 5.45. The third-order valence-electron chi connectivity index (χ3n) is 4.93. The van der Waals surface area contributed by atoms with Gasteiger partial charge < -0.3 is 19.8 Å². The summed E-state index contributed by atoms with van der Waals surface area (Å²) < 4.78 is 2.81. The van der Waals surface area contributed by atoms with Gasteiger partial charge in [0.2, 0.25) is 0 Å². The van der Waals surface area contributed by atoms with E-state index in [0.717, 1.165) is 44.9 Å². The monoisotopic (exact) mass is 392 g/mol. The lowest BCUT2D eigenvalue weighted by molar-refractivity contribution is 0.774. The van der Waals surface area contributed by atoms with Gasteiger partial charge in [-0.05, 0) is 55.9 Å². The van der Waals surface area contributed by atoms with E-state index in [1.165, 1.54) is 11.3 Å². The van der Waals surface area contributed by atoms with Gasteiger partial charge in [-0.1, -0.05) is 12.1 Å². The second-order valence-electron chi connectivity index (χ2n) is 7.09. The molecule has 2 aromatic carbocycles. The number of anilines is 2. The van der Waals surface area contributed by atoms with Crippen LogP contribution in [0.2, 0.25) is 0 Å². The molecule has 0 saturated carbocycles. The maximum absolute atomic E-state index is 5.45. The first-order chi connectivity index (χ1) is 13.5. The fourth-order valence-corrected chi connectivity index (χ4v) is 3.78. The minimum atomic E-state index is 0.698. The normalized spacial score (nSPS) is 11.3. The number of aromatic nitrogens is 4. The summed E-state index contributed by atoms with van der Waals surface area (Å²) in [4.78, 5) is 14.7. The Bertz CT molecular complexity index is 1200. The highest BCUT2D eigenvalue weighted by atomic mass is 32.1. The molecule has 4 aromatic rings. The molecule has 6 nitrogen and oxygen atoms in total. The Morgan fingerprint density at radius 2 is 1.89 bits per heavy atom. The zero-order chi connectivity index (χ0) is 19.8. The molecular formula is C21H24N6S. The largest absolute Gasteiger partial charge is 0.378 e. The predicted octanol–water partition coefficient (Wildman–Crippen LogP) is 4.65. The second-order valence-corrected chi connectivity index (χ2v) is 7.48. The van der Waals surface area contributed by atoms with Gasteiger partial charge in [0.25, 0.3) is 0 Å². The molecule has 144 valence electrons. The van der Waals surface area contributed by atoms with Gasteiger partial charge in [-0.2, -0.15) is 0 Å². The quantitative estimate of drug-likeness (QED) is 0.484. The SMILES string of the molecule is CCn1c(=S)[nH]c2cc3c(NCc4ccc(N(C)C)cc4)nc(C)nc3cc21. The van der Waals surface area contributed by atoms with Crippen molar-refractivity contribution in [2.45, 2.75) is 26.9 Å². The van der Waals surface area contributed by atoms with E-state index in [-0.39, 0.29) is 0 Å². The molecule has 0 bridgehead atoms. The van der Waals surface area contributed by atoms with Crippen LogP contribution in [0.4, 0.5) is 11.5 Å². The van der Waals surface area contributed by atoms with Gasteiger partial charge in [0, 0.05) is 38.3 Å². The number of hydrogen-bond acceptors (Lipinski definition) is 5. The van der Waals surface area contributed by atoms with E-state index in [1.54, 1.807) is 0 Å². The van der Waals surface area contributed by atoms with Gasteiger partial charge in [-0.15, -0.1) is 0 Å². The Balaban J connectivity index is 1.71. The number of rotatable bonds is 5. The summed E-state index contributed by atoms with van der Waals surface area (Å²) in [7, 11) is 4.09. The Hall–Kier alpha value is -2.93. The molecule has 4 rings (SSSR count). The van der Waals surface area contributed by atoms with Crippen molar-refractivity contribution in [1.82, 2.24) is 19.5 Å². The number of hydrogen-bond donors (Lipinski definition) is 2. The molecule has 0 aliphatic heterocycles. The van der Waals surface area contributed by atoms with Crippen molar-refractivity contribution in [2.24, 2.45) is 0 Å². The summed E-state index contributed by atoms with van der Waals surface area (Å²) in [6.45, 7) is 5.53. The van der Waals surface area contributed by atoms with Crippen LogP contribution in [0.15, 0.2) is 36.4 Å². The van der Waals surface area contributed by atoms with Crippen molar-refractivity contribution in [1.29, 1.82) is 0 Å². The van der Waals surface area contributed by atoms with Crippen LogP contribution in [0.3, 0.4) is 0 Å². The van der Waals surface area contributed by atoms with Gasteiger partial charge >= 0.3 is 0 Å². The first kappa shape index (κ1) is 18.4. The van der Waals surface area contributed by atoms with E-state index in [1.807, 2.05) is 21.0 Å². The molecule has 0 atom stereocenters. The van der Waals surface area contributed by atoms with Crippen molar-refractivity contribution in [3.8, 4) is 0 Å². The van der Waals surface area contributed by atoms with Gasteiger partial charge in [0.1, 0.15) is 11.6 Å². The van der Waals surface area contributed by atoms with E-state index in [4.69, 9.17) is 12.2 Å². The molecule has 0 amide bonds. The minimum Gasteiger partial charge on any atom is -0.378 e. The van der Waals surface area contributed by atoms with Crippen LogP contribution in [-0.2, 0) is 13.1 Å². The molecule has 2 heterocycles. The highest BCUT2D eigenvalue weighted by Gasteiger charge is 2.11. The fraction of sp³-hybridized carbons (Fsp3) is 0.286. The van der Waals surface area contributed by atoms with E-state index in [0.29, 0.717) is 6.54 Å². The summed E-state index contributed by atoms with van der Waals surface area (Å²) in [5.74, 6) is 1.58. The molecule has 7 heteroatoms. The number of imidazole rings is 1. The number of fused-ring (bicyclic) bond motifs is 2. The van der Waals surface area contributed by atoms with Gasteiger partial charge in [-0.25, -0.2) is 9.97 Å². The minimum absolute atomic E-state index is 0.698. The Morgan fingerprint density at radius 1 is 1.14 bits per heavy atom. The summed E-state index contributed by atoms with van der Waals surface area (Å²) in [5, 5.41) is 4.47. The first-order valence-corrected chi connectivity index (χ1v) is 9.78. The molecule has 2 N–H and O–H groups in total. The topological polar surface area (TPSA) is 61.8 Å². The van der Waals surface area contributed by atoms with Gasteiger partial charge in [0.05, 0.1) is 16.6 Å². The molecule has 28 heavy (non-hydrogen) atoms. The van der Waals surface area contributed by atoms with Crippen LogP contribution in [0.25, 0.3) is 21.9 Å². The van der Waals surface area contributed by atoms with Crippen LogP contribution < -0.4 is 10.2 Å². The summed E-state index contributed by atoms with van der Waals surface area (Å²) in [6, 6.07) is 12.7. The maximum Gasteiger partial charge on any atom is 0.178 e. The molecule has 0 saturated heterocycles. The van der Waals surface area contributed by atoms with Crippen molar-refractivity contribution in [2.75, 3.05) is 24.3 Å². The van der Waals surface area contributed by atoms with E-state index < -0.39 is 0 Å². The summed E-state index contributed by atoms with van der Waals surface area (Å²) in [5.41, 5.74) is 5.38. The van der Waals surface area contributed by atoms with E-state index >= 15 is 0 Å². The lowest BCUT2D eigenvalue weighted by Crippen LogP contribution is -2.09. The predicted molar refractivity (Wildman–Crippen MR) is 119 cm³/mol. The van der Waals surface area contributed by atoms with Crippen LogP contribution in [0, 0.1) is 11.7 Å². The Kier molecular flexibility index (Phi) is 4.77. The van der Waals surface area contributed by atoms with Crippen molar-refractivity contribution in [3.05, 3.63) is 52.6 Å². The van der Waals surface area contributed by atoms with E-state index in [2.05, 4.69) is 73.1 Å². The average molecular weight is 393 g/mol. The third kappa shape index (κ3) is 3.33. The molecule has 2 aromatic heterocycles. The molecular weight excluding hydrogens is 368 g/mol. The lowest BCUT2D eigenvalue weighted by Gasteiger charge is -2.14. The van der Waals surface area contributed by atoms with Crippen LogP contribution in [-0.4, -0.2) is 33.6 Å². The number of H-pyrrole nitrogens is 1. The van der Waals surface area contributed by atoms with Crippen molar-refractivity contribution < 1.29 is 0 Å². The highest BCUT2D eigenvalue weighted by Crippen LogP contribution is 2.27. The Labute approximate surface area is 169 Å². The zero-order valence-corrected chi connectivity index (χ0v) is 17.4. The highest BCUT2D eigenvalue weighted by molar-refractivity contribution is 7.71. The second kappa shape index (κ2) is 7.24. The molecule has 0 aliphatic rings. The molecule has 0 spiro atoms. The Morgan fingerprint density at radius 3 is 2.57 bits per heavy atom. The van der Waals surface area contributed by atoms with Crippen LogP contribution in [0.1, 0.15) is 18.3 Å². The summed E-state index contributed by atoms with van der Waals surface area (Å²) in [6.07, 6.45) is 0. The standard InChI is InChI=1S/C21H24N6S/c1-5-27-19-11-17-16(10-18(19)25-21(27)28)20(24-13(2)23-17)22-12-14-6-8-15(9-7-14)26(3)4/h6-11H,5,12H2,1-4H3,(H,25,28)(H,22,23,24). The lowest BCUT2D eigenvalue weighted by atomic mass is 10.1. The molecule has 0 fully saturated rings. The van der Waals surface area contributed by atoms with Gasteiger partial charge in [-0.3, -0.25) is 0 Å². The van der Waals surface area contributed by atoms with Crippen molar-refractivity contribution in [3.63, 3.8) is 0 Å². The number of benzene rings is 2. The molecule has 0 aliphatic carbocycles. The van der Waals surface area contributed by atoms with Gasteiger partial charge in [0.15, 0.2) is 4.77 Å². The van der Waals surface area contributed by atoms with E-state index in [9.17, 15) is 0 Å². The molecule has 0 unspecified atom stereocenters. The van der Waals surface area contributed by atoms with Crippen LogP contribution >= 0.6 is 12.2 Å². The van der Waals surface area contributed by atoms with Crippen molar-refractivity contribution >= 4 is 45.7 Å². The summed E-state index contributed by atoms with van der Waals surface area (Å²) >= 11 is 5.45. The van der Waals surface area contributed by atoms with Crippen LogP contribution in [0.5, 0.6) is 0 Å². The smallest absolute Gasteiger partial charge is 0.178 e.